The highest BCUT2D eigenvalue weighted by molar-refractivity contribution is 5.97. The van der Waals surface area contributed by atoms with E-state index in [0.29, 0.717) is 18.4 Å². The van der Waals surface area contributed by atoms with Crippen molar-refractivity contribution in [1.29, 1.82) is 0 Å². The molecule has 0 aliphatic heterocycles. The Morgan fingerprint density at radius 3 is 3.05 bits per heavy atom. The van der Waals surface area contributed by atoms with Crippen LogP contribution in [-0.4, -0.2) is 16.5 Å². The van der Waals surface area contributed by atoms with Gasteiger partial charge in [0.15, 0.2) is 5.82 Å². The Morgan fingerprint density at radius 2 is 2.35 bits per heavy atom. The molecule has 1 aromatic heterocycles. The van der Waals surface area contributed by atoms with Gasteiger partial charge in [0.05, 0.1) is 22.1 Å². The smallest absolute Gasteiger partial charge is 0.281 e. The minimum Gasteiger partial charge on any atom is -0.380 e. The summed E-state index contributed by atoms with van der Waals surface area (Å²) in [5.74, 6) is 4.91. The highest BCUT2D eigenvalue weighted by Crippen LogP contribution is 2.32. The van der Waals surface area contributed by atoms with E-state index in [1.807, 2.05) is 0 Å². The Balaban J connectivity index is 2.48. The standard InChI is InChI=1S/C14H12FN3O2/c1-2-3-4-7-17-14-11(15)9-12(18(19)20)10-6-5-8-16-13(10)14/h5-6,8-9,17H,4,7H2,1H3. The molecule has 1 heterocycles. The van der Waals surface area contributed by atoms with Crippen LogP contribution in [0.4, 0.5) is 15.8 Å². The number of nitro benzene ring substituents is 1. The largest absolute Gasteiger partial charge is 0.380 e. The summed E-state index contributed by atoms with van der Waals surface area (Å²) >= 11 is 0. The minimum absolute atomic E-state index is 0.170. The SMILES string of the molecule is CC#CCCNc1c(F)cc([N+](=O)[O-])c2cccnc12. The van der Waals surface area contributed by atoms with E-state index < -0.39 is 10.7 Å². The lowest BCUT2D eigenvalue weighted by molar-refractivity contribution is -0.383. The van der Waals surface area contributed by atoms with Crippen molar-refractivity contribution in [3.63, 3.8) is 0 Å². The van der Waals surface area contributed by atoms with Gasteiger partial charge in [0.1, 0.15) is 5.52 Å². The van der Waals surface area contributed by atoms with Crippen molar-refractivity contribution < 1.29 is 9.31 Å². The Hall–Kier alpha value is -2.68. The summed E-state index contributed by atoms with van der Waals surface area (Å²) in [7, 11) is 0. The maximum absolute atomic E-state index is 14.0. The number of fused-ring (bicyclic) bond motifs is 1. The van der Waals surface area contributed by atoms with Crippen molar-refractivity contribution in [2.45, 2.75) is 13.3 Å². The quantitative estimate of drug-likeness (QED) is 0.402. The molecule has 6 heteroatoms. The van der Waals surface area contributed by atoms with Crippen LogP contribution in [0.3, 0.4) is 0 Å². The number of anilines is 1. The van der Waals surface area contributed by atoms with Gasteiger partial charge in [-0.25, -0.2) is 4.39 Å². The molecule has 0 bridgehead atoms. The van der Waals surface area contributed by atoms with Crippen LogP contribution in [0, 0.1) is 27.8 Å². The van der Waals surface area contributed by atoms with Crippen molar-refractivity contribution in [2.75, 3.05) is 11.9 Å². The van der Waals surface area contributed by atoms with E-state index in [-0.39, 0.29) is 16.9 Å². The molecule has 1 N–H and O–H groups in total. The first-order valence-corrected chi connectivity index (χ1v) is 6.00. The number of benzene rings is 1. The van der Waals surface area contributed by atoms with Crippen LogP contribution in [0.2, 0.25) is 0 Å². The van der Waals surface area contributed by atoms with Crippen LogP contribution < -0.4 is 5.32 Å². The second-order valence-electron chi connectivity index (χ2n) is 4.01. The van der Waals surface area contributed by atoms with Gasteiger partial charge in [0.25, 0.3) is 5.69 Å². The molecule has 0 spiro atoms. The number of aromatic nitrogens is 1. The second-order valence-corrected chi connectivity index (χ2v) is 4.01. The lowest BCUT2D eigenvalue weighted by Crippen LogP contribution is -2.05. The molecule has 5 nitrogen and oxygen atoms in total. The molecule has 102 valence electrons. The zero-order valence-electron chi connectivity index (χ0n) is 10.8. The molecule has 1 aromatic carbocycles. The maximum atomic E-state index is 14.0. The van der Waals surface area contributed by atoms with Gasteiger partial charge in [-0.1, -0.05) is 0 Å². The number of nitrogens with zero attached hydrogens (tertiary/aromatic N) is 2. The molecule has 0 aliphatic carbocycles. The topological polar surface area (TPSA) is 68.1 Å². The van der Waals surface area contributed by atoms with Crippen LogP contribution in [0.25, 0.3) is 10.9 Å². The Labute approximate surface area is 115 Å². The number of pyridine rings is 1. The summed E-state index contributed by atoms with van der Waals surface area (Å²) in [6.07, 6.45) is 2.03. The second kappa shape index (κ2) is 5.97. The number of hydrogen-bond donors (Lipinski definition) is 1. The molecule has 0 saturated carbocycles. The average Bonchev–Trinajstić information content (AvgIpc) is 2.44. The zero-order valence-corrected chi connectivity index (χ0v) is 10.8. The molecule has 0 unspecified atom stereocenters. The number of nitrogens with one attached hydrogen (secondary N) is 1. The average molecular weight is 273 g/mol. The predicted molar refractivity (Wildman–Crippen MR) is 74.9 cm³/mol. The fourth-order valence-corrected chi connectivity index (χ4v) is 1.89. The van der Waals surface area contributed by atoms with E-state index in [4.69, 9.17) is 0 Å². The summed E-state index contributed by atoms with van der Waals surface area (Å²) in [6, 6.07) is 4.05. The third kappa shape index (κ3) is 2.67. The van der Waals surface area contributed by atoms with E-state index >= 15 is 0 Å². The normalized spacial score (nSPS) is 9.90. The lowest BCUT2D eigenvalue weighted by atomic mass is 10.1. The Morgan fingerprint density at radius 1 is 1.55 bits per heavy atom. The summed E-state index contributed by atoms with van der Waals surface area (Å²) in [5.41, 5.74) is 0.136. The van der Waals surface area contributed by atoms with Crippen LogP contribution in [0.5, 0.6) is 0 Å². The molecule has 0 atom stereocenters. The number of nitro groups is 1. The van der Waals surface area contributed by atoms with Crippen molar-refractivity contribution in [3.8, 4) is 11.8 Å². The van der Waals surface area contributed by atoms with Gasteiger partial charge >= 0.3 is 0 Å². The van der Waals surface area contributed by atoms with Gasteiger partial charge in [0.2, 0.25) is 0 Å². The number of non-ortho nitro benzene ring substituents is 1. The van der Waals surface area contributed by atoms with Crippen LogP contribution >= 0.6 is 0 Å². The zero-order chi connectivity index (χ0) is 14.5. The molecule has 0 amide bonds. The number of halogens is 1. The van der Waals surface area contributed by atoms with Crippen LogP contribution in [0.1, 0.15) is 13.3 Å². The fourth-order valence-electron chi connectivity index (χ4n) is 1.89. The van der Waals surface area contributed by atoms with E-state index in [0.717, 1.165) is 6.07 Å². The van der Waals surface area contributed by atoms with E-state index in [1.165, 1.54) is 6.20 Å². The first kappa shape index (κ1) is 13.7. The molecule has 2 rings (SSSR count). The molecule has 20 heavy (non-hydrogen) atoms. The highest BCUT2D eigenvalue weighted by atomic mass is 19.1. The van der Waals surface area contributed by atoms with E-state index in [1.54, 1.807) is 19.1 Å². The van der Waals surface area contributed by atoms with Gasteiger partial charge in [0, 0.05) is 19.2 Å². The molecule has 0 fully saturated rings. The van der Waals surface area contributed by atoms with Crippen LogP contribution in [-0.2, 0) is 0 Å². The van der Waals surface area contributed by atoms with Crippen molar-refractivity contribution in [2.24, 2.45) is 0 Å². The summed E-state index contributed by atoms with van der Waals surface area (Å²) in [5, 5.41) is 14.2. The molecule has 0 aliphatic rings. The summed E-state index contributed by atoms with van der Waals surface area (Å²) in [6.45, 7) is 2.17. The fraction of sp³-hybridized carbons (Fsp3) is 0.214. The lowest BCUT2D eigenvalue weighted by Gasteiger charge is -2.09. The minimum atomic E-state index is -0.688. The summed E-state index contributed by atoms with van der Waals surface area (Å²) in [4.78, 5) is 14.4. The first-order valence-electron chi connectivity index (χ1n) is 6.00. The summed E-state index contributed by atoms with van der Waals surface area (Å²) < 4.78 is 14.0. The van der Waals surface area contributed by atoms with Crippen molar-refractivity contribution >= 4 is 22.3 Å². The van der Waals surface area contributed by atoms with E-state index in [2.05, 4.69) is 22.1 Å². The molecule has 2 aromatic rings. The van der Waals surface area contributed by atoms with Gasteiger partial charge in [-0.05, 0) is 19.1 Å². The van der Waals surface area contributed by atoms with Crippen LogP contribution in [0.15, 0.2) is 24.4 Å². The van der Waals surface area contributed by atoms with Gasteiger partial charge in [-0.3, -0.25) is 15.1 Å². The van der Waals surface area contributed by atoms with Crippen molar-refractivity contribution in [3.05, 3.63) is 40.3 Å². The molecule has 0 saturated heterocycles. The Bertz CT molecular complexity index is 719. The molecule has 0 radical (unpaired) electrons. The first-order chi connectivity index (χ1) is 9.65. The number of rotatable bonds is 4. The molecular formula is C14H12FN3O2. The van der Waals surface area contributed by atoms with E-state index in [9.17, 15) is 14.5 Å². The number of hydrogen-bond acceptors (Lipinski definition) is 4. The van der Waals surface area contributed by atoms with Gasteiger partial charge in [-0.2, -0.15) is 0 Å². The molecular weight excluding hydrogens is 261 g/mol. The van der Waals surface area contributed by atoms with Crippen molar-refractivity contribution in [1.82, 2.24) is 4.98 Å². The third-order valence-electron chi connectivity index (χ3n) is 2.75. The maximum Gasteiger partial charge on any atom is 0.281 e. The predicted octanol–water partition coefficient (Wildman–Crippen LogP) is 3.11. The third-order valence-corrected chi connectivity index (χ3v) is 2.75. The van der Waals surface area contributed by atoms with Gasteiger partial charge < -0.3 is 5.32 Å². The highest BCUT2D eigenvalue weighted by Gasteiger charge is 2.19. The monoisotopic (exact) mass is 273 g/mol. The van der Waals surface area contributed by atoms with Gasteiger partial charge in [-0.15, -0.1) is 11.8 Å². The Kier molecular flexibility index (Phi) is 4.11.